The van der Waals surface area contributed by atoms with E-state index in [-0.39, 0.29) is 10.6 Å². The third kappa shape index (κ3) is 2.55. The molecule has 0 saturated heterocycles. The van der Waals surface area contributed by atoms with Gasteiger partial charge in [0, 0.05) is 5.69 Å². The fraction of sp³-hybridized carbons (Fsp3) is 0. The average molecular weight is 201 g/mol. The van der Waals surface area contributed by atoms with Gasteiger partial charge >= 0.3 is 0 Å². The summed E-state index contributed by atoms with van der Waals surface area (Å²) >= 11 is 3.87. The zero-order chi connectivity index (χ0) is 10.4. The molecule has 4 heteroatoms. The molecule has 0 fully saturated rings. The molecule has 68 valence electrons. The van der Waals surface area contributed by atoms with Crippen molar-refractivity contribution in [2.75, 3.05) is 5.32 Å². The standard InChI is InChI=1S/C10H7N3S/c11-6-9(10(14)7-12)13-8-4-2-1-3-5-8/h1-5,13-14H. The molecule has 3 nitrogen and oxygen atoms in total. The molecule has 0 heterocycles. The van der Waals surface area contributed by atoms with E-state index in [1.165, 1.54) is 0 Å². The Morgan fingerprint density at radius 3 is 2.29 bits per heavy atom. The summed E-state index contributed by atoms with van der Waals surface area (Å²) in [4.78, 5) is 0.0800. The third-order valence-electron chi connectivity index (χ3n) is 1.50. The van der Waals surface area contributed by atoms with E-state index >= 15 is 0 Å². The molecular formula is C10H7N3S. The minimum Gasteiger partial charge on any atom is -0.345 e. The van der Waals surface area contributed by atoms with E-state index in [2.05, 4.69) is 17.9 Å². The van der Waals surface area contributed by atoms with Gasteiger partial charge in [0.1, 0.15) is 22.7 Å². The van der Waals surface area contributed by atoms with Crippen molar-refractivity contribution in [2.45, 2.75) is 0 Å². The van der Waals surface area contributed by atoms with Gasteiger partial charge in [0.2, 0.25) is 0 Å². The first-order valence-electron chi connectivity index (χ1n) is 3.83. The number of nitrogens with zero attached hydrogens (tertiary/aromatic N) is 2. The molecule has 0 aromatic heterocycles. The largest absolute Gasteiger partial charge is 0.345 e. The van der Waals surface area contributed by atoms with Gasteiger partial charge in [0.05, 0.1) is 0 Å². The average Bonchev–Trinajstić information content (AvgIpc) is 2.26. The predicted octanol–water partition coefficient (Wildman–Crippen LogP) is 2.29. The Morgan fingerprint density at radius 1 is 1.14 bits per heavy atom. The topological polar surface area (TPSA) is 59.6 Å². The van der Waals surface area contributed by atoms with Gasteiger partial charge < -0.3 is 5.32 Å². The minimum atomic E-state index is 0.0800. The van der Waals surface area contributed by atoms with E-state index < -0.39 is 0 Å². The molecule has 0 atom stereocenters. The highest BCUT2D eigenvalue weighted by Gasteiger charge is 2.01. The third-order valence-corrected chi connectivity index (χ3v) is 1.82. The number of benzene rings is 1. The lowest BCUT2D eigenvalue weighted by atomic mass is 10.3. The van der Waals surface area contributed by atoms with E-state index in [1.54, 1.807) is 18.2 Å². The summed E-state index contributed by atoms with van der Waals surface area (Å²) in [6.07, 6.45) is 0. The summed E-state index contributed by atoms with van der Waals surface area (Å²) in [5.41, 5.74) is 0.910. The lowest BCUT2D eigenvalue weighted by Crippen LogP contribution is -1.98. The van der Waals surface area contributed by atoms with Gasteiger partial charge in [-0.2, -0.15) is 10.5 Å². The molecule has 0 aliphatic rings. The molecule has 1 aromatic carbocycles. The fourth-order valence-corrected chi connectivity index (χ4v) is 0.968. The predicted molar refractivity (Wildman–Crippen MR) is 57.3 cm³/mol. The summed E-state index contributed by atoms with van der Waals surface area (Å²) in [7, 11) is 0. The normalized spacial score (nSPS) is 10.8. The van der Waals surface area contributed by atoms with Crippen molar-refractivity contribution < 1.29 is 0 Å². The second-order valence-electron chi connectivity index (χ2n) is 2.44. The number of para-hydroxylation sites is 1. The maximum absolute atomic E-state index is 8.72. The fourth-order valence-electron chi connectivity index (χ4n) is 0.862. The van der Waals surface area contributed by atoms with E-state index in [9.17, 15) is 0 Å². The summed E-state index contributed by atoms with van der Waals surface area (Å²) in [6, 6.07) is 12.8. The quantitative estimate of drug-likeness (QED) is 0.570. The van der Waals surface area contributed by atoms with Crippen molar-refractivity contribution in [2.24, 2.45) is 0 Å². The van der Waals surface area contributed by atoms with E-state index in [0.29, 0.717) is 0 Å². The van der Waals surface area contributed by atoms with Crippen molar-refractivity contribution in [3.8, 4) is 12.1 Å². The van der Waals surface area contributed by atoms with Crippen LogP contribution in [0.4, 0.5) is 5.69 Å². The number of thiol groups is 1. The van der Waals surface area contributed by atoms with E-state index in [0.717, 1.165) is 5.69 Å². The van der Waals surface area contributed by atoms with Crippen molar-refractivity contribution in [1.82, 2.24) is 0 Å². The molecule has 0 aliphatic carbocycles. The molecule has 1 N–H and O–H groups in total. The summed E-state index contributed by atoms with van der Waals surface area (Å²) < 4.78 is 0. The van der Waals surface area contributed by atoms with Crippen LogP contribution in [0.2, 0.25) is 0 Å². The van der Waals surface area contributed by atoms with Crippen LogP contribution in [0.3, 0.4) is 0 Å². The highest BCUT2D eigenvalue weighted by molar-refractivity contribution is 7.84. The van der Waals surface area contributed by atoms with Crippen LogP contribution in [-0.2, 0) is 0 Å². The molecule has 0 saturated carbocycles. The van der Waals surface area contributed by atoms with Gasteiger partial charge in [-0.1, -0.05) is 18.2 Å². The summed E-state index contributed by atoms with van der Waals surface area (Å²) in [5.74, 6) is 0. The number of rotatable bonds is 2. The van der Waals surface area contributed by atoms with Crippen molar-refractivity contribution >= 4 is 18.3 Å². The highest BCUT2D eigenvalue weighted by atomic mass is 32.1. The number of nitriles is 2. The molecule has 0 spiro atoms. The first-order valence-corrected chi connectivity index (χ1v) is 4.28. The Balaban J connectivity index is 2.91. The number of hydrogen-bond donors (Lipinski definition) is 2. The van der Waals surface area contributed by atoms with Gasteiger partial charge in [-0.3, -0.25) is 0 Å². The van der Waals surface area contributed by atoms with Gasteiger partial charge in [-0.05, 0) is 12.1 Å². The van der Waals surface area contributed by atoms with E-state index in [1.807, 2.05) is 24.3 Å². The Hall–Kier alpha value is -1.91. The lowest BCUT2D eigenvalue weighted by molar-refractivity contribution is 1.41. The number of allylic oxidation sites excluding steroid dienone is 2. The van der Waals surface area contributed by atoms with Crippen LogP contribution < -0.4 is 5.32 Å². The summed E-state index contributed by atoms with van der Waals surface area (Å²) in [5, 5.41) is 20.1. The zero-order valence-corrected chi connectivity index (χ0v) is 8.12. The first-order chi connectivity index (χ1) is 6.77. The second-order valence-corrected chi connectivity index (χ2v) is 2.89. The molecule has 1 aromatic rings. The minimum absolute atomic E-state index is 0.0800. The monoisotopic (exact) mass is 201 g/mol. The van der Waals surface area contributed by atoms with Crippen LogP contribution in [0, 0.1) is 22.7 Å². The molecule has 0 aliphatic heterocycles. The Kier molecular flexibility index (Phi) is 3.60. The molecule has 0 unspecified atom stereocenters. The summed E-state index contributed by atoms with van der Waals surface area (Å²) in [6.45, 7) is 0. The van der Waals surface area contributed by atoms with Gasteiger partial charge in [-0.15, -0.1) is 12.6 Å². The van der Waals surface area contributed by atoms with Crippen LogP contribution in [0.1, 0.15) is 0 Å². The molecule has 14 heavy (non-hydrogen) atoms. The molecule has 0 bridgehead atoms. The Morgan fingerprint density at radius 2 is 1.79 bits per heavy atom. The van der Waals surface area contributed by atoms with Crippen LogP contribution in [0.25, 0.3) is 0 Å². The van der Waals surface area contributed by atoms with Crippen molar-refractivity contribution in [3.05, 3.63) is 40.9 Å². The van der Waals surface area contributed by atoms with Gasteiger partial charge in [-0.25, -0.2) is 0 Å². The molecule has 1 rings (SSSR count). The number of nitrogens with one attached hydrogen (secondary N) is 1. The van der Waals surface area contributed by atoms with Crippen LogP contribution in [-0.4, -0.2) is 0 Å². The highest BCUT2D eigenvalue weighted by Crippen LogP contribution is 2.12. The zero-order valence-electron chi connectivity index (χ0n) is 7.23. The van der Waals surface area contributed by atoms with E-state index in [4.69, 9.17) is 10.5 Å². The van der Waals surface area contributed by atoms with Crippen molar-refractivity contribution in [3.63, 3.8) is 0 Å². The smallest absolute Gasteiger partial charge is 0.142 e. The first kappa shape index (κ1) is 10.2. The van der Waals surface area contributed by atoms with Crippen LogP contribution in [0.5, 0.6) is 0 Å². The Bertz CT molecular complexity index is 423. The van der Waals surface area contributed by atoms with Crippen LogP contribution >= 0.6 is 12.6 Å². The number of anilines is 1. The second kappa shape index (κ2) is 4.96. The maximum atomic E-state index is 8.72. The SMILES string of the molecule is N#CC(S)=C(C#N)Nc1ccccc1. The molecule has 0 radical (unpaired) electrons. The number of hydrogen-bond acceptors (Lipinski definition) is 4. The lowest BCUT2D eigenvalue weighted by Gasteiger charge is -2.03. The van der Waals surface area contributed by atoms with Gasteiger partial charge in [0.15, 0.2) is 0 Å². The Labute approximate surface area is 87.7 Å². The maximum Gasteiger partial charge on any atom is 0.142 e. The van der Waals surface area contributed by atoms with Crippen molar-refractivity contribution in [1.29, 1.82) is 10.5 Å². The molecular weight excluding hydrogens is 194 g/mol. The van der Waals surface area contributed by atoms with Gasteiger partial charge in [0.25, 0.3) is 0 Å². The molecule has 0 amide bonds. The van der Waals surface area contributed by atoms with Crippen LogP contribution in [0.15, 0.2) is 40.9 Å².